The SMILES string of the molecule is Cc1cc(C(F)(F)F)cc(C)c1-c1cc(F)c(F)c([C@H](CC(=O)O)NC(=O)[C@@H](N)CC(C)C)c1. The minimum absolute atomic E-state index is 0.0498. The van der Waals surface area contributed by atoms with Gasteiger partial charge >= 0.3 is 12.1 Å². The molecule has 5 nitrogen and oxygen atoms in total. The van der Waals surface area contributed by atoms with E-state index in [1.165, 1.54) is 13.8 Å². The number of carbonyl (C=O) groups is 2. The van der Waals surface area contributed by atoms with Gasteiger partial charge in [-0.3, -0.25) is 9.59 Å². The van der Waals surface area contributed by atoms with Crippen LogP contribution in [0.3, 0.4) is 0 Å². The first-order valence-electron chi connectivity index (χ1n) is 10.6. The molecule has 0 unspecified atom stereocenters. The molecule has 2 aromatic carbocycles. The molecule has 0 spiro atoms. The number of aliphatic carboxylic acids is 1. The molecule has 0 fully saturated rings. The quantitative estimate of drug-likeness (QED) is 0.443. The molecule has 0 aliphatic rings. The predicted molar refractivity (Wildman–Crippen MR) is 117 cm³/mol. The first-order valence-corrected chi connectivity index (χ1v) is 10.6. The van der Waals surface area contributed by atoms with Gasteiger partial charge in [0.15, 0.2) is 11.6 Å². The molecule has 4 N–H and O–H groups in total. The molecule has 0 saturated heterocycles. The number of nitrogens with one attached hydrogen (secondary N) is 1. The van der Waals surface area contributed by atoms with Crippen molar-refractivity contribution in [3.8, 4) is 11.1 Å². The van der Waals surface area contributed by atoms with Crippen LogP contribution < -0.4 is 11.1 Å². The molecule has 2 atom stereocenters. The molecule has 186 valence electrons. The third-order valence-electron chi connectivity index (χ3n) is 5.34. The topological polar surface area (TPSA) is 92.4 Å². The molecule has 2 aromatic rings. The van der Waals surface area contributed by atoms with E-state index in [9.17, 15) is 36.6 Å². The second-order valence-electron chi connectivity index (χ2n) is 8.74. The van der Waals surface area contributed by atoms with Crippen molar-refractivity contribution >= 4 is 11.9 Å². The highest BCUT2D eigenvalue weighted by Crippen LogP contribution is 2.37. The van der Waals surface area contributed by atoms with Gasteiger partial charge in [-0.15, -0.1) is 0 Å². The van der Waals surface area contributed by atoms with Gasteiger partial charge in [-0.25, -0.2) is 8.78 Å². The Morgan fingerprint density at radius 2 is 1.62 bits per heavy atom. The molecule has 0 bridgehead atoms. The monoisotopic (exact) mass is 486 g/mol. The molecule has 0 heterocycles. The van der Waals surface area contributed by atoms with E-state index in [0.29, 0.717) is 0 Å². The normalized spacial score (nSPS) is 13.6. The van der Waals surface area contributed by atoms with Crippen molar-refractivity contribution in [3.63, 3.8) is 0 Å². The lowest BCUT2D eigenvalue weighted by Gasteiger charge is -2.23. The summed E-state index contributed by atoms with van der Waals surface area (Å²) >= 11 is 0. The number of aryl methyl sites for hydroxylation is 2. The number of hydrogen-bond acceptors (Lipinski definition) is 3. The van der Waals surface area contributed by atoms with Gasteiger partial charge in [-0.05, 0) is 72.7 Å². The third-order valence-corrected chi connectivity index (χ3v) is 5.34. The van der Waals surface area contributed by atoms with Crippen molar-refractivity contribution in [2.45, 2.75) is 58.8 Å². The maximum absolute atomic E-state index is 14.8. The Kier molecular flexibility index (Phi) is 8.41. The zero-order valence-corrected chi connectivity index (χ0v) is 19.2. The van der Waals surface area contributed by atoms with Crippen molar-refractivity contribution < 1.29 is 36.6 Å². The zero-order valence-electron chi connectivity index (χ0n) is 19.2. The summed E-state index contributed by atoms with van der Waals surface area (Å²) in [5.41, 5.74) is 5.13. The van der Waals surface area contributed by atoms with E-state index in [4.69, 9.17) is 5.73 Å². The molecule has 0 aliphatic heterocycles. The fourth-order valence-electron chi connectivity index (χ4n) is 3.90. The van der Waals surface area contributed by atoms with Gasteiger partial charge in [-0.1, -0.05) is 13.8 Å². The summed E-state index contributed by atoms with van der Waals surface area (Å²) in [6, 6.07) is 1.31. The fourth-order valence-corrected chi connectivity index (χ4v) is 3.90. The van der Waals surface area contributed by atoms with Crippen molar-refractivity contribution in [1.82, 2.24) is 5.32 Å². The van der Waals surface area contributed by atoms with Gasteiger partial charge < -0.3 is 16.2 Å². The molecule has 1 amide bonds. The van der Waals surface area contributed by atoms with Gasteiger partial charge in [0.05, 0.1) is 24.1 Å². The van der Waals surface area contributed by atoms with E-state index < -0.39 is 59.3 Å². The molecule has 0 radical (unpaired) electrons. The molecular weight excluding hydrogens is 459 g/mol. The van der Waals surface area contributed by atoms with Crippen LogP contribution in [-0.4, -0.2) is 23.0 Å². The lowest BCUT2D eigenvalue weighted by atomic mass is 9.90. The van der Waals surface area contributed by atoms with Gasteiger partial charge in [0, 0.05) is 5.56 Å². The largest absolute Gasteiger partial charge is 0.481 e. The summed E-state index contributed by atoms with van der Waals surface area (Å²) in [7, 11) is 0. The Morgan fingerprint density at radius 1 is 1.06 bits per heavy atom. The number of carboxylic acids is 1. The minimum atomic E-state index is -4.58. The molecule has 0 saturated carbocycles. The summed E-state index contributed by atoms with van der Waals surface area (Å²) in [6.07, 6.45) is -5.06. The van der Waals surface area contributed by atoms with E-state index in [1.54, 1.807) is 0 Å². The van der Waals surface area contributed by atoms with E-state index in [2.05, 4.69) is 5.32 Å². The van der Waals surface area contributed by atoms with E-state index in [-0.39, 0.29) is 34.6 Å². The minimum Gasteiger partial charge on any atom is -0.481 e. The highest BCUT2D eigenvalue weighted by atomic mass is 19.4. The number of benzene rings is 2. The van der Waals surface area contributed by atoms with Crippen LogP contribution in [0.5, 0.6) is 0 Å². The van der Waals surface area contributed by atoms with Crippen molar-refractivity contribution in [2.24, 2.45) is 11.7 Å². The van der Waals surface area contributed by atoms with E-state index in [1.807, 2.05) is 13.8 Å². The Morgan fingerprint density at radius 3 is 2.09 bits per heavy atom. The van der Waals surface area contributed by atoms with Crippen LogP contribution in [0.2, 0.25) is 0 Å². The van der Waals surface area contributed by atoms with Crippen LogP contribution in [0.1, 0.15) is 55.0 Å². The first-order chi connectivity index (χ1) is 15.6. The second kappa shape index (κ2) is 10.5. The lowest BCUT2D eigenvalue weighted by molar-refractivity contribution is -0.138. The number of amides is 1. The number of carboxylic acid groups (broad SMARTS) is 1. The van der Waals surface area contributed by atoms with Gasteiger partial charge in [0.1, 0.15) is 0 Å². The Bertz CT molecular complexity index is 1060. The van der Waals surface area contributed by atoms with Crippen molar-refractivity contribution in [2.75, 3.05) is 0 Å². The van der Waals surface area contributed by atoms with Gasteiger partial charge in [0.2, 0.25) is 5.91 Å². The predicted octanol–water partition coefficient (Wildman–Crippen LogP) is 5.27. The third kappa shape index (κ3) is 6.53. The Hall–Kier alpha value is -3.01. The van der Waals surface area contributed by atoms with Crippen LogP contribution in [0, 0.1) is 31.4 Å². The number of halogens is 5. The summed E-state index contributed by atoms with van der Waals surface area (Å²) in [5, 5.41) is 11.7. The summed E-state index contributed by atoms with van der Waals surface area (Å²) in [4.78, 5) is 23.9. The Balaban J connectivity index is 2.58. The molecule has 10 heteroatoms. The highest BCUT2D eigenvalue weighted by Gasteiger charge is 2.32. The standard InChI is InChI=1S/C24H27F5N2O3/c1-11(2)5-18(30)23(34)31-19(10-20(32)33)16-8-14(9-17(25)22(16)26)21-12(3)6-15(7-13(21)4)24(27,28)29/h6-9,11,18-19H,5,10,30H2,1-4H3,(H,31,34)(H,32,33)/t18-,19-/m0/s1. The smallest absolute Gasteiger partial charge is 0.416 e. The maximum Gasteiger partial charge on any atom is 0.416 e. The van der Waals surface area contributed by atoms with E-state index >= 15 is 0 Å². The average Bonchev–Trinajstić information content (AvgIpc) is 2.67. The average molecular weight is 486 g/mol. The van der Waals surface area contributed by atoms with Crippen LogP contribution in [0.4, 0.5) is 22.0 Å². The number of nitrogens with two attached hydrogens (primary N) is 1. The summed E-state index contributed by atoms with van der Waals surface area (Å²) in [6.45, 7) is 6.46. The zero-order chi connectivity index (χ0) is 26.0. The van der Waals surface area contributed by atoms with Gasteiger partial charge in [0.25, 0.3) is 0 Å². The molecule has 0 aromatic heterocycles. The summed E-state index contributed by atoms with van der Waals surface area (Å²) < 4.78 is 68.8. The Labute approximate surface area is 194 Å². The van der Waals surface area contributed by atoms with Crippen molar-refractivity contribution in [3.05, 3.63) is 58.2 Å². The number of carbonyl (C=O) groups excluding carboxylic acids is 1. The lowest BCUT2D eigenvalue weighted by Crippen LogP contribution is -2.43. The van der Waals surface area contributed by atoms with Crippen LogP contribution in [-0.2, 0) is 15.8 Å². The van der Waals surface area contributed by atoms with Crippen LogP contribution in [0.25, 0.3) is 11.1 Å². The number of rotatable bonds is 8. The van der Waals surface area contributed by atoms with Crippen LogP contribution in [0.15, 0.2) is 24.3 Å². The van der Waals surface area contributed by atoms with Crippen molar-refractivity contribution in [1.29, 1.82) is 0 Å². The second-order valence-corrected chi connectivity index (χ2v) is 8.74. The number of alkyl halides is 3. The molecular formula is C24H27F5N2O3. The fraction of sp³-hybridized carbons (Fsp3) is 0.417. The molecule has 34 heavy (non-hydrogen) atoms. The highest BCUT2D eigenvalue weighted by molar-refractivity contribution is 5.83. The summed E-state index contributed by atoms with van der Waals surface area (Å²) in [5.74, 6) is -4.75. The van der Waals surface area contributed by atoms with Gasteiger partial charge in [-0.2, -0.15) is 13.2 Å². The van der Waals surface area contributed by atoms with E-state index in [0.717, 1.165) is 24.3 Å². The number of hydrogen-bond donors (Lipinski definition) is 3. The van der Waals surface area contributed by atoms with Crippen LogP contribution >= 0.6 is 0 Å². The first kappa shape index (κ1) is 27.2. The molecule has 0 aliphatic carbocycles. The maximum atomic E-state index is 14.8. The molecule has 2 rings (SSSR count).